The third-order valence-electron chi connectivity index (χ3n) is 13.2. The number of aliphatic hydroxyl groups is 3. The molecule has 5 aliphatic rings. The Balaban J connectivity index is 1.61. The zero-order valence-corrected chi connectivity index (χ0v) is 22.9. The maximum atomic E-state index is 12.8. The maximum absolute atomic E-state index is 12.8. The first kappa shape index (κ1) is 25.7. The lowest BCUT2D eigenvalue weighted by Crippen LogP contribution is -2.67. The van der Waals surface area contributed by atoms with Gasteiger partial charge < -0.3 is 20.4 Å². The van der Waals surface area contributed by atoms with Crippen LogP contribution < -0.4 is 0 Å². The van der Waals surface area contributed by atoms with Crippen LogP contribution >= 0.6 is 0 Å². The molecule has 35 heavy (non-hydrogen) atoms. The van der Waals surface area contributed by atoms with Crippen LogP contribution in [0.3, 0.4) is 0 Å². The second-order valence-corrected chi connectivity index (χ2v) is 15.3. The minimum absolute atomic E-state index is 0.00525. The van der Waals surface area contributed by atoms with Crippen LogP contribution in [0.15, 0.2) is 11.6 Å². The van der Waals surface area contributed by atoms with Gasteiger partial charge >= 0.3 is 5.97 Å². The van der Waals surface area contributed by atoms with Crippen molar-refractivity contribution in [2.45, 2.75) is 118 Å². The van der Waals surface area contributed by atoms with Crippen LogP contribution in [0.5, 0.6) is 0 Å². The van der Waals surface area contributed by atoms with Crippen LogP contribution in [0.25, 0.3) is 0 Å². The van der Waals surface area contributed by atoms with Gasteiger partial charge in [-0.3, -0.25) is 4.79 Å². The number of aliphatic carboxylic acids is 1. The molecule has 1 unspecified atom stereocenters. The summed E-state index contributed by atoms with van der Waals surface area (Å²) in [6.45, 7) is 15.7. The molecule has 4 saturated carbocycles. The fourth-order valence-electron chi connectivity index (χ4n) is 10.8. The molecule has 5 rings (SSSR count). The minimum atomic E-state index is -0.877. The first-order chi connectivity index (χ1) is 16.0. The SMILES string of the molecule is CC1(C)C[C@@H]2C3=CC[C@@H]4[C@@]5(C)C[C@@H](O)[C@H](O)C(C)(C)C5CC[C@@]4(C)[C@]3(C)CC[C@@]2(C(=O)O)C[C@@H]1O. The van der Waals surface area contributed by atoms with Crippen LogP contribution in [0, 0.1) is 50.2 Å². The molecule has 0 saturated heterocycles. The Morgan fingerprint density at radius 1 is 0.886 bits per heavy atom. The Morgan fingerprint density at radius 2 is 1.54 bits per heavy atom. The zero-order chi connectivity index (χ0) is 26.0. The summed E-state index contributed by atoms with van der Waals surface area (Å²) < 4.78 is 0. The van der Waals surface area contributed by atoms with Gasteiger partial charge in [0, 0.05) is 0 Å². The van der Waals surface area contributed by atoms with Crippen molar-refractivity contribution in [3.05, 3.63) is 11.6 Å². The third kappa shape index (κ3) is 3.01. The van der Waals surface area contributed by atoms with Crippen molar-refractivity contribution in [2.24, 2.45) is 50.2 Å². The van der Waals surface area contributed by atoms with Gasteiger partial charge in [0.05, 0.1) is 23.7 Å². The van der Waals surface area contributed by atoms with Gasteiger partial charge in [-0.15, -0.1) is 0 Å². The molecule has 4 fully saturated rings. The Bertz CT molecular complexity index is 952. The van der Waals surface area contributed by atoms with Crippen molar-refractivity contribution in [3.63, 3.8) is 0 Å². The summed E-state index contributed by atoms with van der Waals surface area (Å²) in [5.41, 5.74) is -0.364. The average molecular weight is 489 g/mol. The van der Waals surface area contributed by atoms with Crippen LogP contribution in [-0.4, -0.2) is 44.7 Å². The van der Waals surface area contributed by atoms with Gasteiger partial charge in [-0.25, -0.2) is 0 Å². The molecular weight excluding hydrogens is 440 g/mol. The van der Waals surface area contributed by atoms with Crippen molar-refractivity contribution in [2.75, 3.05) is 0 Å². The predicted octanol–water partition coefficient (Wildman–Crippen LogP) is 5.18. The largest absolute Gasteiger partial charge is 0.481 e. The highest BCUT2D eigenvalue weighted by molar-refractivity contribution is 5.77. The van der Waals surface area contributed by atoms with E-state index in [1.807, 2.05) is 0 Å². The number of hydrogen-bond donors (Lipinski definition) is 4. The number of rotatable bonds is 1. The van der Waals surface area contributed by atoms with Crippen molar-refractivity contribution >= 4 is 5.97 Å². The Labute approximate surface area is 211 Å². The lowest BCUT2D eigenvalue weighted by Gasteiger charge is -2.71. The molecule has 0 aliphatic heterocycles. The molecule has 0 radical (unpaired) electrons. The van der Waals surface area contributed by atoms with E-state index in [9.17, 15) is 25.2 Å². The van der Waals surface area contributed by atoms with Crippen LogP contribution in [0.1, 0.15) is 99.8 Å². The van der Waals surface area contributed by atoms with Gasteiger partial charge in [-0.05, 0) is 96.2 Å². The second kappa shape index (κ2) is 7.35. The Hall–Kier alpha value is -0.910. The van der Waals surface area contributed by atoms with Gasteiger partial charge in [-0.1, -0.05) is 60.1 Å². The van der Waals surface area contributed by atoms with Gasteiger partial charge in [0.15, 0.2) is 0 Å². The maximum Gasteiger partial charge on any atom is 0.310 e. The molecular formula is C30H48O5. The molecule has 0 bridgehead atoms. The predicted molar refractivity (Wildman–Crippen MR) is 135 cm³/mol. The summed E-state index contributed by atoms with van der Waals surface area (Å²) in [7, 11) is 0. The number of carbonyl (C=O) groups is 1. The van der Waals surface area contributed by atoms with E-state index in [-0.39, 0.29) is 33.0 Å². The number of carboxylic acids is 1. The number of fused-ring (bicyclic) bond motifs is 7. The smallest absolute Gasteiger partial charge is 0.310 e. The standard InChI is InChI=1S/C30H48O5/c1-25(2)14-18-17-8-9-21-27(5)15-19(31)23(33)26(3,4)20(27)10-11-29(21,7)28(17,6)12-13-30(18,24(34)35)16-22(25)32/h8,18-23,31-33H,9-16H2,1-7H3,(H,34,35)/t18-,19-,20?,21-,22+,23+,27+,28-,29-,30-/m1/s1. The summed E-state index contributed by atoms with van der Waals surface area (Å²) in [5, 5.41) is 43.3. The molecule has 198 valence electrons. The van der Waals surface area contributed by atoms with E-state index in [0.717, 1.165) is 25.7 Å². The van der Waals surface area contributed by atoms with Crippen LogP contribution in [0.4, 0.5) is 0 Å². The summed E-state index contributed by atoms with van der Waals surface area (Å²) in [6, 6.07) is 0. The van der Waals surface area contributed by atoms with Crippen molar-refractivity contribution < 1.29 is 25.2 Å². The fraction of sp³-hybridized carbons (Fsp3) is 0.900. The normalized spacial score (nSPS) is 54.4. The zero-order valence-electron chi connectivity index (χ0n) is 22.9. The highest BCUT2D eigenvalue weighted by Gasteiger charge is 2.70. The van der Waals surface area contributed by atoms with E-state index in [1.54, 1.807) is 0 Å². The molecule has 5 heteroatoms. The molecule has 4 N–H and O–H groups in total. The van der Waals surface area contributed by atoms with E-state index in [2.05, 4.69) is 54.5 Å². The number of carboxylic acid groups (broad SMARTS) is 1. The van der Waals surface area contributed by atoms with Crippen molar-refractivity contribution in [1.29, 1.82) is 0 Å². The second-order valence-electron chi connectivity index (χ2n) is 15.3. The third-order valence-corrected chi connectivity index (χ3v) is 13.2. The van der Waals surface area contributed by atoms with Crippen LogP contribution in [-0.2, 0) is 4.79 Å². The van der Waals surface area contributed by atoms with E-state index < -0.39 is 29.7 Å². The monoisotopic (exact) mass is 488 g/mol. The molecule has 10 atom stereocenters. The first-order valence-electron chi connectivity index (χ1n) is 14.0. The topological polar surface area (TPSA) is 98.0 Å². The molecule has 5 aliphatic carbocycles. The van der Waals surface area contributed by atoms with Gasteiger partial charge in [0.1, 0.15) is 0 Å². The molecule has 0 heterocycles. The summed E-state index contributed by atoms with van der Waals surface area (Å²) in [4.78, 5) is 12.8. The Kier molecular flexibility index (Phi) is 5.40. The van der Waals surface area contributed by atoms with Crippen LogP contribution in [0.2, 0.25) is 0 Å². The number of hydrogen-bond acceptors (Lipinski definition) is 4. The highest BCUT2D eigenvalue weighted by atomic mass is 16.4. The van der Waals surface area contributed by atoms with E-state index >= 15 is 0 Å². The molecule has 0 aromatic heterocycles. The molecule has 0 aromatic carbocycles. The van der Waals surface area contributed by atoms with E-state index in [1.165, 1.54) is 5.57 Å². The lowest BCUT2D eigenvalue weighted by molar-refractivity contribution is -0.233. The molecule has 0 spiro atoms. The van der Waals surface area contributed by atoms with Crippen molar-refractivity contribution in [1.82, 2.24) is 0 Å². The number of allylic oxidation sites excluding steroid dienone is 2. The molecule has 0 amide bonds. The van der Waals surface area contributed by atoms with Crippen molar-refractivity contribution in [3.8, 4) is 0 Å². The minimum Gasteiger partial charge on any atom is -0.481 e. The van der Waals surface area contributed by atoms with E-state index in [0.29, 0.717) is 37.5 Å². The summed E-state index contributed by atoms with van der Waals surface area (Å²) in [5.74, 6) is -0.0660. The highest BCUT2D eigenvalue weighted by Crippen LogP contribution is 2.75. The first-order valence-corrected chi connectivity index (χ1v) is 14.0. The molecule has 0 aromatic rings. The van der Waals surface area contributed by atoms with Gasteiger partial charge in [0.2, 0.25) is 0 Å². The number of aliphatic hydroxyl groups excluding tert-OH is 3. The fourth-order valence-corrected chi connectivity index (χ4v) is 10.8. The van der Waals surface area contributed by atoms with Gasteiger partial charge in [0.25, 0.3) is 0 Å². The Morgan fingerprint density at radius 3 is 2.17 bits per heavy atom. The lowest BCUT2D eigenvalue weighted by atomic mass is 9.33. The average Bonchev–Trinajstić information content (AvgIpc) is 2.73. The summed E-state index contributed by atoms with van der Waals surface area (Å²) >= 11 is 0. The quantitative estimate of drug-likeness (QED) is 0.382. The molecule has 5 nitrogen and oxygen atoms in total. The summed E-state index contributed by atoms with van der Waals surface area (Å²) in [6.07, 6.45) is 6.52. The van der Waals surface area contributed by atoms with Gasteiger partial charge in [-0.2, -0.15) is 0 Å². The van der Waals surface area contributed by atoms with E-state index in [4.69, 9.17) is 0 Å².